The van der Waals surface area contributed by atoms with Crippen molar-refractivity contribution < 1.29 is 19.4 Å². The lowest BCUT2D eigenvalue weighted by Gasteiger charge is -2.29. The molecule has 0 unspecified atom stereocenters. The van der Waals surface area contributed by atoms with Gasteiger partial charge in [0.15, 0.2) is 11.6 Å². The molecule has 7 rings (SSSR count). The molecule has 5 aromatic rings. The van der Waals surface area contributed by atoms with Gasteiger partial charge in [0.25, 0.3) is 5.91 Å². The van der Waals surface area contributed by atoms with Gasteiger partial charge in [-0.05, 0) is 75.1 Å². The Bertz CT molecular complexity index is 2180. The lowest BCUT2D eigenvalue weighted by molar-refractivity contribution is 0.0220. The zero-order chi connectivity index (χ0) is 36.7. The number of carbonyl (C=O) groups is 2. The first-order valence-electron chi connectivity index (χ1n) is 17.5. The lowest BCUT2D eigenvalue weighted by Crippen LogP contribution is -2.40. The summed E-state index contributed by atoms with van der Waals surface area (Å²) < 4.78 is 7.33. The summed E-state index contributed by atoms with van der Waals surface area (Å²) in [7, 11) is 1.81. The van der Waals surface area contributed by atoms with Crippen molar-refractivity contribution in [1.29, 1.82) is 0 Å². The van der Waals surface area contributed by atoms with E-state index in [1.54, 1.807) is 21.7 Å². The molecule has 5 heterocycles. The summed E-state index contributed by atoms with van der Waals surface area (Å²) in [4.78, 5) is 44.2. The molecule has 2 amide bonds. The number of amides is 2. The fourth-order valence-corrected chi connectivity index (χ4v) is 7.19. The first kappa shape index (κ1) is 35.4. The minimum atomic E-state index is -0.604. The molecule has 0 saturated carbocycles. The Morgan fingerprint density at radius 2 is 1.83 bits per heavy atom. The number of benzene rings is 2. The van der Waals surface area contributed by atoms with Crippen LogP contribution in [0.4, 0.5) is 22.0 Å². The van der Waals surface area contributed by atoms with Crippen LogP contribution in [0.2, 0.25) is 5.02 Å². The highest BCUT2D eigenvalue weighted by Gasteiger charge is 2.30. The molecule has 1 saturated heterocycles. The van der Waals surface area contributed by atoms with Crippen LogP contribution in [0.25, 0.3) is 22.0 Å². The number of likely N-dealkylation sites (tertiary alicyclic amines) is 1. The largest absolute Gasteiger partial charge is 0.444 e. The lowest BCUT2D eigenvalue weighted by atomic mass is 9.98. The average molecular weight is 723 g/mol. The predicted octanol–water partition coefficient (Wildman–Crippen LogP) is 6.85. The molecule has 52 heavy (non-hydrogen) atoms. The summed E-state index contributed by atoms with van der Waals surface area (Å²) in [6.07, 6.45) is 4.34. The number of β-amino-alcohol motifs (C(OH)–C–C–N with tert-alkyl or cyclic N) is 1. The van der Waals surface area contributed by atoms with Gasteiger partial charge in [0.2, 0.25) is 0 Å². The number of anilines is 3. The Labute approximate surface area is 307 Å². The van der Waals surface area contributed by atoms with Gasteiger partial charge >= 0.3 is 6.09 Å². The number of nitrogens with one attached hydrogen (secondary N) is 2. The van der Waals surface area contributed by atoms with Crippen molar-refractivity contribution in [1.82, 2.24) is 29.3 Å². The number of imidazole rings is 1. The second-order valence-corrected chi connectivity index (χ2v) is 14.9. The summed E-state index contributed by atoms with van der Waals surface area (Å²) in [5, 5.41) is 17.7. The molecule has 270 valence electrons. The highest BCUT2D eigenvalue weighted by Crippen LogP contribution is 2.38. The predicted molar refractivity (Wildman–Crippen MR) is 202 cm³/mol. The van der Waals surface area contributed by atoms with Gasteiger partial charge in [-0.25, -0.2) is 14.8 Å². The van der Waals surface area contributed by atoms with Crippen LogP contribution >= 0.6 is 11.6 Å². The number of aromatic nitrogens is 4. The summed E-state index contributed by atoms with van der Waals surface area (Å²) in [6, 6.07) is 15.6. The normalized spacial score (nSPS) is 16.2. The Morgan fingerprint density at radius 3 is 2.58 bits per heavy atom. The molecule has 3 aromatic heterocycles. The number of aliphatic hydroxyl groups is 1. The van der Waals surface area contributed by atoms with Crippen molar-refractivity contribution in [3.63, 3.8) is 0 Å². The van der Waals surface area contributed by atoms with E-state index in [1.807, 2.05) is 77.3 Å². The second kappa shape index (κ2) is 14.2. The van der Waals surface area contributed by atoms with Gasteiger partial charge in [-0.15, -0.1) is 0 Å². The highest BCUT2D eigenvalue weighted by atomic mass is 35.5. The van der Waals surface area contributed by atoms with E-state index in [2.05, 4.69) is 31.6 Å². The van der Waals surface area contributed by atoms with E-state index in [9.17, 15) is 14.7 Å². The van der Waals surface area contributed by atoms with Crippen molar-refractivity contribution in [2.24, 2.45) is 7.05 Å². The first-order valence-corrected chi connectivity index (χ1v) is 17.9. The Kier molecular flexibility index (Phi) is 9.64. The summed E-state index contributed by atoms with van der Waals surface area (Å²) in [5.41, 5.74) is 6.72. The molecule has 12 nitrogen and oxygen atoms in total. The van der Waals surface area contributed by atoms with E-state index in [4.69, 9.17) is 21.3 Å². The number of pyridine rings is 2. The SMILES string of the molecule is Cc1c(Nc2nccc3cc(CN4CC[C@@H](O)C4)cnc23)cccc1-c1cccc(NC(=O)c2nc3c(n2C)CCN(C(=O)OC(C)(C)C)C3)c1Cl. The fourth-order valence-electron chi connectivity index (χ4n) is 6.92. The number of rotatable bonds is 7. The number of fused-ring (bicyclic) bond motifs is 2. The third kappa shape index (κ3) is 7.32. The van der Waals surface area contributed by atoms with Crippen LogP contribution < -0.4 is 10.6 Å². The van der Waals surface area contributed by atoms with Crippen LogP contribution in [0.1, 0.15) is 60.3 Å². The molecule has 3 N–H and O–H groups in total. The van der Waals surface area contributed by atoms with Gasteiger partial charge < -0.3 is 29.9 Å². The summed E-state index contributed by atoms with van der Waals surface area (Å²) >= 11 is 7.01. The Hall–Kier alpha value is -5.04. The highest BCUT2D eigenvalue weighted by molar-refractivity contribution is 6.36. The minimum absolute atomic E-state index is 0.234. The standard InChI is InChI=1S/C39H43ClN8O4/c1-23-27(8-6-10-29(23)43-35-34-25(12-15-41-35)18-24(19-42-34)20-47-16-13-26(49)21-47)28-9-7-11-30(33(28)40)45-37(50)36-44-31-22-48(17-14-32(31)46(36)5)38(51)52-39(2,3)4/h6-12,15,18-19,26,49H,13-14,16-17,20-22H2,1-5H3,(H,41,43)(H,45,50)/t26-/m1/s1. The Balaban J connectivity index is 1.09. The number of hydrogen-bond donors (Lipinski definition) is 3. The molecule has 2 aromatic carbocycles. The van der Waals surface area contributed by atoms with Crippen LogP contribution in [0.15, 0.2) is 60.9 Å². The van der Waals surface area contributed by atoms with Crippen molar-refractivity contribution in [3.8, 4) is 11.1 Å². The van der Waals surface area contributed by atoms with E-state index in [0.29, 0.717) is 41.7 Å². The summed E-state index contributed by atoms with van der Waals surface area (Å²) in [6.45, 7) is 10.5. The van der Waals surface area contributed by atoms with Crippen molar-refractivity contribution in [2.75, 3.05) is 30.3 Å². The first-order chi connectivity index (χ1) is 24.8. The third-order valence-corrected chi connectivity index (χ3v) is 9.95. The monoisotopic (exact) mass is 722 g/mol. The molecular weight excluding hydrogens is 680 g/mol. The van der Waals surface area contributed by atoms with E-state index >= 15 is 0 Å². The van der Waals surface area contributed by atoms with Crippen LogP contribution in [0.5, 0.6) is 0 Å². The van der Waals surface area contributed by atoms with Crippen LogP contribution in [0, 0.1) is 6.92 Å². The van der Waals surface area contributed by atoms with Crippen LogP contribution in [0.3, 0.4) is 0 Å². The van der Waals surface area contributed by atoms with E-state index < -0.39 is 17.6 Å². The molecular formula is C39H43ClN8O4. The zero-order valence-corrected chi connectivity index (χ0v) is 30.8. The van der Waals surface area contributed by atoms with Crippen LogP contribution in [-0.2, 0) is 31.3 Å². The van der Waals surface area contributed by atoms with Gasteiger partial charge in [0.1, 0.15) is 11.1 Å². The summed E-state index contributed by atoms with van der Waals surface area (Å²) in [5.74, 6) is 0.473. The van der Waals surface area contributed by atoms with Crippen molar-refractivity contribution in [2.45, 2.75) is 65.3 Å². The zero-order valence-electron chi connectivity index (χ0n) is 30.0. The smallest absolute Gasteiger partial charge is 0.410 e. The number of nitrogens with zero attached hydrogens (tertiary/aromatic N) is 6. The molecule has 1 atom stereocenters. The van der Waals surface area contributed by atoms with Gasteiger partial charge in [-0.2, -0.15) is 0 Å². The van der Waals surface area contributed by atoms with Gasteiger partial charge in [0, 0.05) is 74.4 Å². The van der Waals surface area contributed by atoms with Gasteiger partial charge in [0.05, 0.1) is 29.1 Å². The quantitative estimate of drug-likeness (QED) is 0.165. The average Bonchev–Trinajstić information content (AvgIpc) is 3.67. The van der Waals surface area contributed by atoms with Crippen molar-refractivity contribution >= 4 is 51.7 Å². The van der Waals surface area contributed by atoms with E-state index in [0.717, 1.165) is 64.0 Å². The Morgan fingerprint density at radius 1 is 1.06 bits per heavy atom. The maximum atomic E-state index is 13.6. The third-order valence-electron chi connectivity index (χ3n) is 9.54. The van der Waals surface area contributed by atoms with E-state index in [-0.39, 0.29) is 18.5 Å². The second-order valence-electron chi connectivity index (χ2n) is 14.5. The van der Waals surface area contributed by atoms with E-state index in [1.165, 1.54) is 0 Å². The van der Waals surface area contributed by atoms with Gasteiger partial charge in [-0.1, -0.05) is 35.9 Å². The van der Waals surface area contributed by atoms with Crippen LogP contribution in [-0.4, -0.2) is 77.8 Å². The molecule has 0 aliphatic carbocycles. The number of aliphatic hydroxyl groups excluding tert-OH is 1. The molecule has 0 spiro atoms. The number of carbonyl (C=O) groups excluding carboxylic acids is 2. The molecule has 2 aliphatic heterocycles. The fraction of sp³-hybridized carbons (Fsp3) is 0.359. The van der Waals surface area contributed by atoms with Crippen molar-refractivity contribution in [3.05, 3.63) is 94.3 Å². The maximum absolute atomic E-state index is 13.6. The molecule has 0 radical (unpaired) electrons. The molecule has 2 aliphatic rings. The molecule has 13 heteroatoms. The maximum Gasteiger partial charge on any atom is 0.410 e. The van der Waals surface area contributed by atoms with Gasteiger partial charge in [-0.3, -0.25) is 14.7 Å². The minimum Gasteiger partial charge on any atom is -0.444 e. The topological polar surface area (TPSA) is 138 Å². The number of hydrogen-bond acceptors (Lipinski definition) is 9. The number of ether oxygens (including phenoxy) is 1. The molecule has 0 bridgehead atoms. The molecule has 1 fully saturated rings. The number of halogens is 1.